The van der Waals surface area contributed by atoms with Gasteiger partial charge >= 0.3 is 12.1 Å². The number of hydrogen-bond donors (Lipinski definition) is 2. The Labute approximate surface area is 212 Å². The molecule has 0 bridgehead atoms. The van der Waals surface area contributed by atoms with Crippen molar-refractivity contribution in [3.8, 4) is 0 Å². The molecule has 8 nitrogen and oxygen atoms in total. The molecular weight excluding hydrogens is 521 g/mol. The summed E-state index contributed by atoms with van der Waals surface area (Å²) in [5.41, 5.74) is 0.749. The van der Waals surface area contributed by atoms with E-state index < -0.39 is 36.6 Å². The van der Waals surface area contributed by atoms with Crippen molar-refractivity contribution in [2.24, 2.45) is 0 Å². The fourth-order valence-corrected chi connectivity index (χ4v) is 6.18. The van der Waals surface area contributed by atoms with Crippen molar-refractivity contribution in [1.29, 1.82) is 0 Å². The number of carbonyl (C=O) groups is 2. The highest BCUT2D eigenvalue weighted by Gasteiger charge is 2.48. The Bertz CT molecular complexity index is 1300. The third-order valence-electron chi connectivity index (χ3n) is 6.28. The number of aryl methyl sites for hydroxylation is 1. The molecule has 13 heteroatoms. The van der Waals surface area contributed by atoms with Gasteiger partial charge in [0.25, 0.3) is 5.91 Å². The second-order valence-corrected chi connectivity index (χ2v) is 10.0. The zero-order valence-electron chi connectivity index (χ0n) is 19.1. The highest BCUT2D eigenvalue weighted by molar-refractivity contribution is 7.17. The third kappa shape index (κ3) is 4.36. The Kier molecular flexibility index (Phi) is 6.50. The predicted octanol–water partition coefficient (Wildman–Crippen LogP) is 6.16. The Balaban J connectivity index is 1.50. The number of anilines is 2. The molecule has 36 heavy (non-hydrogen) atoms. The molecule has 0 saturated carbocycles. The van der Waals surface area contributed by atoms with E-state index in [1.165, 1.54) is 17.6 Å². The van der Waals surface area contributed by atoms with Gasteiger partial charge < -0.3 is 19.8 Å². The molecule has 4 heterocycles. The zero-order valence-corrected chi connectivity index (χ0v) is 20.6. The van der Waals surface area contributed by atoms with E-state index in [2.05, 4.69) is 15.7 Å². The zero-order chi connectivity index (χ0) is 25.6. The number of fused-ring (bicyclic) bond motifs is 2. The molecule has 0 saturated heterocycles. The van der Waals surface area contributed by atoms with E-state index in [1.54, 1.807) is 19.1 Å². The normalized spacial score (nSPS) is 19.2. The first-order valence-corrected chi connectivity index (χ1v) is 12.7. The third-order valence-corrected chi connectivity index (χ3v) is 7.84. The van der Waals surface area contributed by atoms with Crippen LogP contribution in [0.25, 0.3) is 0 Å². The molecule has 0 aromatic carbocycles. The Hall–Kier alpha value is -2.99. The summed E-state index contributed by atoms with van der Waals surface area (Å²) in [6.45, 7) is 1.85. The molecule has 0 fully saturated rings. The molecule has 3 aromatic heterocycles. The van der Waals surface area contributed by atoms with Crippen molar-refractivity contribution in [1.82, 2.24) is 9.78 Å². The first-order valence-electron chi connectivity index (χ1n) is 11.5. The highest BCUT2D eigenvalue weighted by atomic mass is 35.5. The van der Waals surface area contributed by atoms with Crippen LogP contribution in [-0.2, 0) is 17.6 Å². The quantitative estimate of drug-likeness (QED) is 0.375. The van der Waals surface area contributed by atoms with E-state index in [4.69, 9.17) is 20.8 Å². The van der Waals surface area contributed by atoms with E-state index >= 15 is 0 Å². The van der Waals surface area contributed by atoms with Crippen molar-refractivity contribution in [3.05, 3.63) is 50.9 Å². The van der Waals surface area contributed by atoms with Crippen LogP contribution in [0.3, 0.4) is 0 Å². The number of thiophene rings is 1. The number of aromatic nitrogens is 2. The average Bonchev–Trinajstić information content (AvgIpc) is 3.55. The van der Waals surface area contributed by atoms with Gasteiger partial charge in [0.15, 0.2) is 11.7 Å². The minimum Gasteiger partial charge on any atom is -0.467 e. The van der Waals surface area contributed by atoms with Crippen LogP contribution in [0, 0.1) is 0 Å². The molecule has 0 unspecified atom stereocenters. The van der Waals surface area contributed by atoms with Gasteiger partial charge in [0, 0.05) is 11.3 Å². The fraction of sp³-hybridized carbons (Fsp3) is 0.435. The number of halogens is 4. The van der Waals surface area contributed by atoms with Gasteiger partial charge in [-0.3, -0.25) is 4.79 Å². The van der Waals surface area contributed by atoms with Gasteiger partial charge in [-0.25, -0.2) is 9.48 Å². The molecule has 5 rings (SSSR count). The second kappa shape index (κ2) is 9.47. The fourth-order valence-electron chi connectivity index (χ4n) is 4.65. The van der Waals surface area contributed by atoms with Crippen LogP contribution in [0.2, 0.25) is 5.02 Å². The maximum atomic E-state index is 14.0. The molecular formula is C23H22ClF3N4O4S. The smallest absolute Gasteiger partial charge is 0.410 e. The lowest BCUT2D eigenvalue weighted by molar-refractivity contribution is -0.174. The minimum absolute atomic E-state index is 0.132. The van der Waals surface area contributed by atoms with Crippen LogP contribution >= 0.6 is 22.9 Å². The monoisotopic (exact) mass is 542 g/mol. The van der Waals surface area contributed by atoms with Gasteiger partial charge in [-0.15, -0.1) is 11.3 Å². The molecule has 0 spiro atoms. The van der Waals surface area contributed by atoms with Crippen molar-refractivity contribution < 1.29 is 31.9 Å². The van der Waals surface area contributed by atoms with Gasteiger partial charge in [-0.2, -0.15) is 18.3 Å². The van der Waals surface area contributed by atoms with Crippen LogP contribution in [0.15, 0.2) is 22.8 Å². The van der Waals surface area contributed by atoms with E-state index in [1.807, 2.05) is 0 Å². The molecule has 2 atom stereocenters. The molecule has 1 aliphatic carbocycles. The summed E-state index contributed by atoms with van der Waals surface area (Å²) in [6, 6.07) is 0.303. The minimum atomic E-state index is -4.64. The summed E-state index contributed by atoms with van der Waals surface area (Å²) >= 11 is 7.67. The summed E-state index contributed by atoms with van der Waals surface area (Å²) < 4.78 is 53.1. The van der Waals surface area contributed by atoms with E-state index in [0.29, 0.717) is 16.9 Å². The van der Waals surface area contributed by atoms with Crippen molar-refractivity contribution in [3.63, 3.8) is 0 Å². The first-order chi connectivity index (χ1) is 17.2. The Morgan fingerprint density at radius 2 is 2.14 bits per heavy atom. The van der Waals surface area contributed by atoms with Gasteiger partial charge in [0.2, 0.25) is 0 Å². The SMILES string of the molecule is CCOC(=O)c1c(NC(=O)c2nn3c(c2Cl)N[C@@H](c2ccco2)C[C@H]3C(F)(F)F)sc2c1CCCC2. The number of hydrogen-bond acceptors (Lipinski definition) is 7. The lowest BCUT2D eigenvalue weighted by atomic mass is 9.95. The highest BCUT2D eigenvalue weighted by Crippen LogP contribution is 2.46. The standard InChI is InChI=1S/C23H22ClF3N4O4S/c1-2-34-22(33)16-11-6-3-4-8-14(11)36-21(16)29-20(32)18-17(24)19-28-12(13-7-5-9-35-13)10-15(23(25,26)27)31(19)30-18/h5,7,9,12,15,28H,2-4,6,8,10H2,1H3,(H,29,32)/t12-,15+/m1/s1. The van der Waals surface area contributed by atoms with E-state index in [-0.39, 0.29) is 33.7 Å². The number of nitrogens with zero attached hydrogens (tertiary/aromatic N) is 2. The lowest BCUT2D eigenvalue weighted by Crippen LogP contribution is -2.35. The van der Waals surface area contributed by atoms with E-state index in [0.717, 1.165) is 29.7 Å². The van der Waals surface area contributed by atoms with Crippen LogP contribution in [-0.4, -0.2) is 34.4 Å². The van der Waals surface area contributed by atoms with Crippen molar-refractivity contribution in [2.75, 3.05) is 17.2 Å². The molecule has 1 aliphatic heterocycles. The molecule has 0 radical (unpaired) electrons. The molecule has 3 aromatic rings. The van der Waals surface area contributed by atoms with Crippen LogP contribution < -0.4 is 10.6 Å². The molecule has 2 N–H and O–H groups in total. The largest absolute Gasteiger partial charge is 0.467 e. The van der Waals surface area contributed by atoms with Gasteiger partial charge in [0.1, 0.15) is 21.6 Å². The average molecular weight is 543 g/mol. The van der Waals surface area contributed by atoms with Gasteiger partial charge in [-0.05, 0) is 50.3 Å². The summed E-state index contributed by atoms with van der Waals surface area (Å²) in [5.74, 6) is -1.19. The lowest BCUT2D eigenvalue weighted by Gasteiger charge is -2.32. The first kappa shape index (κ1) is 24.7. The number of furan rings is 1. The summed E-state index contributed by atoms with van der Waals surface area (Å²) in [5, 5.41) is 9.55. The maximum absolute atomic E-state index is 14.0. The number of amides is 1. The Morgan fingerprint density at radius 3 is 2.83 bits per heavy atom. The number of alkyl halides is 3. The number of rotatable bonds is 5. The number of esters is 1. The van der Waals surface area contributed by atoms with Crippen molar-refractivity contribution >= 4 is 45.6 Å². The number of nitrogens with one attached hydrogen (secondary N) is 2. The number of carbonyl (C=O) groups excluding carboxylic acids is 2. The molecule has 2 aliphatic rings. The van der Waals surface area contributed by atoms with Gasteiger partial charge in [0.05, 0.1) is 24.5 Å². The molecule has 192 valence electrons. The summed E-state index contributed by atoms with van der Waals surface area (Å²) in [4.78, 5) is 26.9. The molecule has 1 amide bonds. The summed E-state index contributed by atoms with van der Waals surface area (Å²) in [6.07, 6.45) is -0.349. The van der Waals surface area contributed by atoms with Gasteiger partial charge in [-0.1, -0.05) is 11.6 Å². The topological polar surface area (TPSA) is 98.4 Å². The number of ether oxygens (including phenoxy) is 1. The van der Waals surface area contributed by atoms with E-state index in [9.17, 15) is 22.8 Å². The predicted molar refractivity (Wildman–Crippen MR) is 127 cm³/mol. The van der Waals surface area contributed by atoms with Crippen molar-refractivity contribution in [2.45, 2.75) is 57.3 Å². The Morgan fingerprint density at radius 1 is 1.36 bits per heavy atom. The van der Waals surface area contributed by atoms with Crippen LogP contribution in [0.1, 0.15) is 75.3 Å². The van der Waals surface area contributed by atoms with Crippen LogP contribution in [0.5, 0.6) is 0 Å². The maximum Gasteiger partial charge on any atom is 0.410 e. The van der Waals surface area contributed by atoms with Crippen LogP contribution in [0.4, 0.5) is 24.0 Å². The summed E-state index contributed by atoms with van der Waals surface area (Å²) in [7, 11) is 0. The second-order valence-electron chi connectivity index (χ2n) is 8.55.